The van der Waals surface area contributed by atoms with Crippen molar-refractivity contribution in [2.24, 2.45) is 0 Å². The van der Waals surface area contributed by atoms with E-state index in [-0.39, 0.29) is 24.3 Å². The Morgan fingerprint density at radius 2 is 1.59 bits per heavy atom. The highest BCUT2D eigenvalue weighted by Gasteiger charge is 2.17. The first-order valence-corrected chi connectivity index (χ1v) is 10.0. The van der Waals surface area contributed by atoms with Crippen molar-refractivity contribution >= 4 is 17.6 Å². The molecule has 2 N–H and O–H groups in total. The van der Waals surface area contributed by atoms with Gasteiger partial charge in [-0.25, -0.2) is 4.79 Å². The number of hydrogen-bond donors (Lipinski definition) is 1. The molecule has 0 aromatic heterocycles. The summed E-state index contributed by atoms with van der Waals surface area (Å²) in [5, 5.41) is 2.07. The lowest BCUT2D eigenvalue weighted by Gasteiger charge is -2.22. The topological polar surface area (TPSA) is 63.2 Å². The molecule has 27 heavy (non-hydrogen) atoms. The zero-order valence-corrected chi connectivity index (χ0v) is 17.8. The van der Waals surface area contributed by atoms with Crippen molar-refractivity contribution in [3.63, 3.8) is 0 Å². The molecule has 1 aromatic rings. The van der Waals surface area contributed by atoms with Gasteiger partial charge in [0.2, 0.25) is 0 Å². The van der Waals surface area contributed by atoms with Gasteiger partial charge in [0.05, 0.1) is 18.7 Å². The van der Waals surface area contributed by atoms with Gasteiger partial charge >= 0.3 is 5.97 Å². The van der Waals surface area contributed by atoms with Crippen LogP contribution in [0.3, 0.4) is 0 Å². The molecule has 0 saturated heterocycles. The molecule has 0 aliphatic heterocycles. The SMILES string of the molecule is CCCC[NH2+]CC(=O)N(CCCC)c1ccc(C(=O)OCCCC)cc1.[Cl-]. The predicted octanol–water partition coefficient (Wildman–Crippen LogP) is 0.144. The molecule has 0 atom stereocenters. The first-order valence-electron chi connectivity index (χ1n) is 10.0. The van der Waals surface area contributed by atoms with Gasteiger partial charge in [-0.15, -0.1) is 0 Å². The number of quaternary nitrogens is 1. The number of hydrogen-bond acceptors (Lipinski definition) is 3. The summed E-state index contributed by atoms with van der Waals surface area (Å²) in [4.78, 5) is 26.4. The summed E-state index contributed by atoms with van der Waals surface area (Å²) in [6.07, 6.45) is 6.12. The second-order valence-corrected chi connectivity index (χ2v) is 6.57. The molecule has 5 nitrogen and oxygen atoms in total. The smallest absolute Gasteiger partial charge is 0.338 e. The monoisotopic (exact) mass is 398 g/mol. The second kappa shape index (κ2) is 15.5. The van der Waals surface area contributed by atoms with Crippen LogP contribution >= 0.6 is 0 Å². The van der Waals surface area contributed by atoms with Crippen LogP contribution in [0.4, 0.5) is 5.69 Å². The molecule has 1 rings (SSSR count). The van der Waals surface area contributed by atoms with Crippen molar-refractivity contribution in [3.8, 4) is 0 Å². The third-order valence-corrected chi connectivity index (χ3v) is 4.26. The average molecular weight is 399 g/mol. The number of halogens is 1. The van der Waals surface area contributed by atoms with Crippen molar-refractivity contribution in [1.29, 1.82) is 0 Å². The number of rotatable bonds is 13. The minimum Gasteiger partial charge on any atom is -1.00 e. The van der Waals surface area contributed by atoms with Crippen molar-refractivity contribution in [1.82, 2.24) is 0 Å². The Kier molecular flexibility index (Phi) is 14.6. The number of nitrogens with zero attached hydrogens (tertiary/aromatic N) is 1. The molecular weight excluding hydrogens is 364 g/mol. The fourth-order valence-corrected chi connectivity index (χ4v) is 2.57. The summed E-state index contributed by atoms with van der Waals surface area (Å²) in [5.41, 5.74) is 1.37. The molecule has 0 radical (unpaired) electrons. The number of amides is 1. The first kappa shape index (κ1) is 25.4. The van der Waals surface area contributed by atoms with Crippen LogP contribution in [0.5, 0.6) is 0 Å². The minimum atomic E-state index is -0.302. The van der Waals surface area contributed by atoms with Crippen LogP contribution in [0.25, 0.3) is 0 Å². The van der Waals surface area contributed by atoms with Crippen LogP contribution in [-0.4, -0.2) is 38.1 Å². The lowest BCUT2D eigenvalue weighted by molar-refractivity contribution is -0.644. The Balaban J connectivity index is 0.00000676. The van der Waals surface area contributed by atoms with Gasteiger partial charge in [-0.05, 0) is 43.5 Å². The zero-order valence-electron chi connectivity index (χ0n) is 17.0. The van der Waals surface area contributed by atoms with Crippen LogP contribution in [0, 0.1) is 0 Å². The summed E-state index contributed by atoms with van der Waals surface area (Å²) in [7, 11) is 0. The van der Waals surface area contributed by atoms with Crippen LogP contribution < -0.4 is 22.6 Å². The number of ether oxygens (including phenoxy) is 1. The molecule has 0 bridgehead atoms. The molecule has 0 aliphatic rings. The zero-order chi connectivity index (χ0) is 19.2. The molecule has 1 amide bonds. The maximum atomic E-state index is 12.6. The summed E-state index contributed by atoms with van der Waals surface area (Å²) < 4.78 is 5.23. The number of anilines is 1. The molecule has 154 valence electrons. The van der Waals surface area contributed by atoms with Gasteiger partial charge in [0, 0.05) is 12.2 Å². The van der Waals surface area contributed by atoms with E-state index in [9.17, 15) is 9.59 Å². The Morgan fingerprint density at radius 1 is 0.963 bits per heavy atom. The lowest BCUT2D eigenvalue weighted by Crippen LogP contribution is -3.00. The maximum absolute atomic E-state index is 12.6. The third kappa shape index (κ3) is 9.78. The number of carbonyl (C=O) groups is 2. The fraction of sp³-hybridized carbons (Fsp3) is 0.619. The minimum absolute atomic E-state index is 0. The average Bonchev–Trinajstić information content (AvgIpc) is 2.66. The number of unbranched alkanes of at least 4 members (excludes halogenated alkanes) is 3. The van der Waals surface area contributed by atoms with Gasteiger partial charge in [0.1, 0.15) is 0 Å². The Labute approximate surface area is 170 Å². The van der Waals surface area contributed by atoms with E-state index in [0.717, 1.165) is 50.8 Å². The van der Waals surface area contributed by atoms with E-state index < -0.39 is 0 Å². The van der Waals surface area contributed by atoms with Gasteiger partial charge in [-0.1, -0.05) is 40.0 Å². The first-order chi connectivity index (χ1) is 12.6. The highest BCUT2D eigenvalue weighted by molar-refractivity contribution is 5.95. The van der Waals surface area contributed by atoms with Crippen molar-refractivity contribution in [3.05, 3.63) is 29.8 Å². The molecule has 0 spiro atoms. The second-order valence-electron chi connectivity index (χ2n) is 6.57. The number of carbonyl (C=O) groups excluding carboxylic acids is 2. The Hall–Kier alpha value is -1.59. The highest BCUT2D eigenvalue weighted by Crippen LogP contribution is 2.17. The molecular formula is C21H35ClN2O3. The molecule has 6 heteroatoms. The summed E-state index contributed by atoms with van der Waals surface area (Å²) in [5.74, 6) is -0.183. The van der Waals surface area contributed by atoms with E-state index >= 15 is 0 Å². The van der Waals surface area contributed by atoms with E-state index in [1.54, 1.807) is 12.1 Å². The number of benzene rings is 1. The van der Waals surface area contributed by atoms with Gasteiger partial charge in [0.15, 0.2) is 6.54 Å². The fourth-order valence-electron chi connectivity index (χ4n) is 2.57. The lowest BCUT2D eigenvalue weighted by atomic mass is 10.2. The molecule has 0 saturated carbocycles. The standard InChI is InChI=1S/C21H34N2O3.ClH/c1-4-7-14-22-17-20(24)23(15-8-5-2)19-12-10-18(11-13-19)21(25)26-16-9-6-3;/h10-13,22H,4-9,14-17H2,1-3H3;1H. The molecule has 0 aliphatic carbocycles. The molecule has 0 heterocycles. The summed E-state index contributed by atoms with van der Waals surface area (Å²) >= 11 is 0. The van der Waals surface area contributed by atoms with Crippen LogP contribution in [0.1, 0.15) is 69.7 Å². The van der Waals surface area contributed by atoms with Crippen molar-refractivity contribution in [2.45, 2.75) is 59.3 Å². The van der Waals surface area contributed by atoms with Gasteiger partial charge in [-0.3, -0.25) is 4.79 Å². The van der Waals surface area contributed by atoms with Crippen molar-refractivity contribution < 1.29 is 32.0 Å². The van der Waals surface area contributed by atoms with E-state index in [1.165, 1.54) is 0 Å². The van der Waals surface area contributed by atoms with Crippen molar-refractivity contribution in [2.75, 3.05) is 31.1 Å². The number of esters is 1. The van der Waals surface area contributed by atoms with E-state index in [0.29, 0.717) is 25.3 Å². The predicted molar refractivity (Wildman–Crippen MR) is 105 cm³/mol. The summed E-state index contributed by atoms with van der Waals surface area (Å²) in [6.45, 7) is 8.92. The third-order valence-electron chi connectivity index (χ3n) is 4.26. The van der Waals surface area contributed by atoms with Crippen LogP contribution in [0.15, 0.2) is 24.3 Å². The molecule has 1 aromatic carbocycles. The van der Waals surface area contributed by atoms with Gasteiger partial charge < -0.3 is 27.4 Å². The van der Waals surface area contributed by atoms with Crippen LogP contribution in [0.2, 0.25) is 0 Å². The van der Waals surface area contributed by atoms with Gasteiger partial charge in [0.25, 0.3) is 5.91 Å². The molecule has 0 unspecified atom stereocenters. The highest BCUT2D eigenvalue weighted by atomic mass is 35.5. The van der Waals surface area contributed by atoms with Gasteiger partial charge in [-0.2, -0.15) is 0 Å². The number of nitrogens with two attached hydrogens (primary N) is 1. The van der Waals surface area contributed by atoms with E-state index in [1.807, 2.05) is 17.0 Å². The molecule has 0 fully saturated rings. The Morgan fingerprint density at radius 3 is 2.19 bits per heavy atom. The largest absolute Gasteiger partial charge is 1.00 e. The Bertz CT molecular complexity index is 535. The normalized spacial score (nSPS) is 10.2. The quantitative estimate of drug-likeness (QED) is 0.380. The van der Waals surface area contributed by atoms with E-state index in [2.05, 4.69) is 26.1 Å². The summed E-state index contributed by atoms with van der Waals surface area (Å²) in [6, 6.07) is 7.18. The van der Waals surface area contributed by atoms with Crippen LogP contribution in [-0.2, 0) is 9.53 Å². The maximum Gasteiger partial charge on any atom is 0.338 e. The van der Waals surface area contributed by atoms with E-state index in [4.69, 9.17) is 4.74 Å².